The number of unbranched alkanes of at least 4 members (excludes halogenated alkanes) is 1. The van der Waals surface area contributed by atoms with Crippen LogP contribution in [0, 0.1) is 23.7 Å². The maximum absolute atomic E-state index is 2.48. The Bertz CT molecular complexity index is 218. The second-order valence-corrected chi connectivity index (χ2v) is 9.14. The van der Waals surface area contributed by atoms with E-state index in [1.807, 2.05) is 0 Å². The molecule has 4 atom stereocenters. The molecule has 0 aliphatic rings. The van der Waals surface area contributed by atoms with Crippen LogP contribution in [0.5, 0.6) is 0 Å². The molecule has 0 bridgehead atoms. The molecular formula is C24H50. The second kappa shape index (κ2) is 16.5. The van der Waals surface area contributed by atoms with Crippen LogP contribution >= 0.6 is 0 Å². The highest BCUT2D eigenvalue weighted by atomic mass is 14.1. The van der Waals surface area contributed by atoms with E-state index in [1.54, 1.807) is 0 Å². The van der Waals surface area contributed by atoms with E-state index in [9.17, 15) is 0 Å². The van der Waals surface area contributed by atoms with Gasteiger partial charge in [-0.2, -0.15) is 0 Å². The molecule has 0 aliphatic carbocycles. The van der Waals surface area contributed by atoms with Gasteiger partial charge in [0.05, 0.1) is 0 Å². The summed E-state index contributed by atoms with van der Waals surface area (Å²) < 4.78 is 0. The molecule has 4 unspecified atom stereocenters. The Labute approximate surface area is 155 Å². The van der Waals surface area contributed by atoms with Gasteiger partial charge in [-0.3, -0.25) is 0 Å². The number of hydrogen-bond donors (Lipinski definition) is 0. The quantitative estimate of drug-likeness (QED) is 0.232. The molecule has 0 aromatic rings. The standard InChI is InChI=1S/C24H50/c1-7-13-21(3)17-11-19-23(5)15-9-10-16-24(6)20-12-18-22(4)14-8-2/h21-24H,7-20H2,1-6H3. The van der Waals surface area contributed by atoms with Crippen molar-refractivity contribution >= 4 is 0 Å². The zero-order valence-electron chi connectivity index (χ0n) is 18.2. The number of rotatable bonds is 17. The van der Waals surface area contributed by atoms with E-state index in [0.29, 0.717) is 0 Å². The van der Waals surface area contributed by atoms with E-state index < -0.39 is 0 Å². The predicted molar refractivity (Wildman–Crippen MR) is 113 cm³/mol. The highest BCUT2D eigenvalue weighted by Gasteiger charge is 2.07. The van der Waals surface area contributed by atoms with Crippen molar-refractivity contribution in [2.24, 2.45) is 23.7 Å². The molecule has 0 aliphatic heterocycles. The van der Waals surface area contributed by atoms with Crippen molar-refractivity contribution in [2.45, 2.75) is 131 Å². The van der Waals surface area contributed by atoms with Crippen LogP contribution in [0.1, 0.15) is 131 Å². The Morgan fingerprint density at radius 2 is 0.625 bits per heavy atom. The first-order valence-corrected chi connectivity index (χ1v) is 11.5. The maximum Gasteiger partial charge on any atom is -0.0443 e. The SMILES string of the molecule is CCCC(C)CCCC(C)CCCCC(C)CCCC(C)CCC. The highest BCUT2D eigenvalue weighted by Crippen LogP contribution is 2.23. The summed E-state index contributed by atoms with van der Waals surface area (Å²) in [7, 11) is 0. The molecule has 146 valence electrons. The van der Waals surface area contributed by atoms with Crippen LogP contribution in [-0.2, 0) is 0 Å². The molecule has 0 amide bonds. The monoisotopic (exact) mass is 338 g/mol. The molecule has 0 saturated carbocycles. The first-order chi connectivity index (χ1) is 11.5. The predicted octanol–water partition coefficient (Wildman–Crippen LogP) is 9.03. The fraction of sp³-hybridized carbons (Fsp3) is 1.00. The van der Waals surface area contributed by atoms with Crippen molar-refractivity contribution in [3.05, 3.63) is 0 Å². The van der Waals surface area contributed by atoms with Crippen molar-refractivity contribution < 1.29 is 0 Å². The molecule has 0 saturated heterocycles. The summed E-state index contributed by atoms with van der Waals surface area (Å²) in [5.74, 6) is 3.79. The van der Waals surface area contributed by atoms with Crippen LogP contribution in [0.2, 0.25) is 0 Å². The molecule has 0 heteroatoms. The molecule has 0 nitrogen and oxygen atoms in total. The Morgan fingerprint density at radius 1 is 0.375 bits per heavy atom. The lowest BCUT2D eigenvalue weighted by molar-refractivity contribution is 0.377. The highest BCUT2D eigenvalue weighted by molar-refractivity contribution is 4.61. The van der Waals surface area contributed by atoms with Gasteiger partial charge >= 0.3 is 0 Å². The van der Waals surface area contributed by atoms with Crippen molar-refractivity contribution in [3.63, 3.8) is 0 Å². The van der Waals surface area contributed by atoms with E-state index in [2.05, 4.69) is 41.5 Å². The fourth-order valence-corrected chi connectivity index (χ4v) is 4.18. The van der Waals surface area contributed by atoms with Gasteiger partial charge in [0.1, 0.15) is 0 Å². The zero-order chi connectivity index (χ0) is 18.2. The van der Waals surface area contributed by atoms with Gasteiger partial charge in [0.25, 0.3) is 0 Å². The second-order valence-electron chi connectivity index (χ2n) is 9.14. The molecule has 0 radical (unpaired) electrons. The van der Waals surface area contributed by atoms with Crippen LogP contribution in [0.15, 0.2) is 0 Å². The van der Waals surface area contributed by atoms with E-state index in [0.717, 1.165) is 23.7 Å². The molecule has 24 heavy (non-hydrogen) atoms. The first kappa shape index (κ1) is 24.0. The average molecular weight is 339 g/mol. The van der Waals surface area contributed by atoms with Gasteiger partial charge in [-0.15, -0.1) is 0 Å². The Kier molecular flexibility index (Phi) is 16.5. The molecule has 0 rings (SSSR count). The van der Waals surface area contributed by atoms with Gasteiger partial charge in [0.15, 0.2) is 0 Å². The molecule has 0 heterocycles. The van der Waals surface area contributed by atoms with Crippen LogP contribution in [0.25, 0.3) is 0 Å². The smallest absolute Gasteiger partial charge is 0.0443 e. The largest absolute Gasteiger partial charge is 0.0654 e. The van der Waals surface area contributed by atoms with Crippen molar-refractivity contribution in [2.75, 3.05) is 0 Å². The van der Waals surface area contributed by atoms with Crippen LogP contribution in [0.4, 0.5) is 0 Å². The summed E-state index contributed by atoms with van der Waals surface area (Å²) in [6.07, 6.45) is 20.1. The lowest BCUT2D eigenvalue weighted by atomic mass is 9.91. The van der Waals surface area contributed by atoms with Crippen LogP contribution in [-0.4, -0.2) is 0 Å². The van der Waals surface area contributed by atoms with Crippen LogP contribution in [0.3, 0.4) is 0 Å². The third-order valence-electron chi connectivity index (χ3n) is 5.99. The Balaban J connectivity index is 3.46. The van der Waals surface area contributed by atoms with Crippen LogP contribution < -0.4 is 0 Å². The lowest BCUT2D eigenvalue weighted by Gasteiger charge is -2.16. The summed E-state index contributed by atoms with van der Waals surface area (Å²) in [5.41, 5.74) is 0. The third-order valence-corrected chi connectivity index (χ3v) is 5.99. The third kappa shape index (κ3) is 15.5. The van der Waals surface area contributed by atoms with E-state index in [1.165, 1.54) is 89.9 Å². The molecule has 0 spiro atoms. The summed E-state index contributed by atoms with van der Waals surface area (Å²) in [5, 5.41) is 0. The maximum atomic E-state index is 2.48. The van der Waals surface area contributed by atoms with Crippen molar-refractivity contribution in [1.82, 2.24) is 0 Å². The van der Waals surface area contributed by atoms with Gasteiger partial charge in [0.2, 0.25) is 0 Å². The molecule has 0 aromatic heterocycles. The normalized spacial score (nSPS) is 16.8. The van der Waals surface area contributed by atoms with Gasteiger partial charge in [0, 0.05) is 0 Å². The summed E-state index contributed by atoms with van der Waals surface area (Å²) in [6.45, 7) is 14.4. The number of hydrogen-bond acceptors (Lipinski definition) is 0. The zero-order valence-corrected chi connectivity index (χ0v) is 18.2. The molecule has 0 aromatic carbocycles. The average Bonchev–Trinajstić information content (AvgIpc) is 2.52. The lowest BCUT2D eigenvalue weighted by Crippen LogP contribution is -2.01. The van der Waals surface area contributed by atoms with Crippen molar-refractivity contribution in [3.8, 4) is 0 Å². The Morgan fingerprint density at radius 3 is 0.917 bits per heavy atom. The van der Waals surface area contributed by atoms with Gasteiger partial charge in [-0.1, -0.05) is 131 Å². The van der Waals surface area contributed by atoms with E-state index >= 15 is 0 Å². The summed E-state index contributed by atoms with van der Waals surface area (Å²) in [6, 6.07) is 0. The van der Waals surface area contributed by atoms with E-state index in [4.69, 9.17) is 0 Å². The minimum absolute atomic E-state index is 0.947. The van der Waals surface area contributed by atoms with Gasteiger partial charge in [-0.05, 0) is 23.7 Å². The molecule has 0 fully saturated rings. The minimum Gasteiger partial charge on any atom is -0.0654 e. The van der Waals surface area contributed by atoms with Crippen molar-refractivity contribution in [1.29, 1.82) is 0 Å². The molecular weight excluding hydrogens is 288 g/mol. The fourth-order valence-electron chi connectivity index (χ4n) is 4.18. The topological polar surface area (TPSA) is 0 Å². The van der Waals surface area contributed by atoms with E-state index in [-0.39, 0.29) is 0 Å². The Hall–Kier alpha value is 0. The summed E-state index contributed by atoms with van der Waals surface area (Å²) in [4.78, 5) is 0. The van der Waals surface area contributed by atoms with Gasteiger partial charge in [-0.25, -0.2) is 0 Å². The van der Waals surface area contributed by atoms with Gasteiger partial charge < -0.3 is 0 Å². The molecule has 0 N–H and O–H groups in total. The first-order valence-electron chi connectivity index (χ1n) is 11.5. The summed E-state index contributed by atoms with van der Waals surface area (Å²) >= 11 is 0. The minimum atomic E-state index is 0.947.